The van der Waals surface area contributed by atoms with Crippen LogP contribution in [-0.2, 0) is 14.3 Å². The van der Waals surface area contributed by atoms with Crippen LogP contribution in [0.2, 0.25) is 5.02 Å². The molecule has 1 aromatic rings. The molecule has 126 valence electrons. The molecule has 1 atom stereocenters. The standard InChI is InChI=1S/C17H22ClNO4/c1-21-7-5-13-6-8-23-17(13)11-19(12-17)16(20)10-22-15-4-2-3-14(18)9-15/h2-4,9,13H,5-8,10-12H2,1H3/t13-/m0/s1. The summed E-state index contributed by atoms with van der Waals surface area (Å²) in [5.41, 5.74) is -0.162. The van der Waals surface area contributed by atoms with Crippen molar-refractivity contribution in [2.75, 3.05) is 40.0 Å². The number of methoxy groups -OCH3 is 1. The number of hydrogen-bond donors (Lipinski definition) is 0. The molecular formula is C17H22ClNO4. The van der Waals surface area contributed by atoms with Crippen LogP contribution in [0.4, 0.5) is 0 Å². The van der Waals surface area contributed by atoms with Gasteiger partial charge >= 0.3 is 0 Å². The molecule has 1 aromatic carbocycles. The Kier molecular flexibility index (Phi) is 5.09. The number of rotatable bonds is 6. The fourth-order valence-corrected chi connectivity index (χ4v) is 3.55. The number of hydrogen-bond acceptors (Lipinski definition) is 4. The Balaban J connectivity index is 1.47. The largest absolute Gasteiger partial charge is 0.484 e. The third-order valence-electron chi connectivity index (χ3n) is 4.70. The highest BCUT2D eigenvalue weighted by Gasteiger charge is 2.54. The number of amides is 1. The van der Waals surface area contributed by atoms with Gasteiger partial charge in [-0.1, -0.05) is 17.7 Å². The van der Waals surface area contributed by atoms with Gasteiger partial charge in [0.25, 0.3) is 5.91 Å². The van der Waals surface area contributed by atoms with Gasteiger partial charge in [-0.2, -0.15) is 0 Å². The summed E-state index contributed by atoms with van der Waals surface area (Å²) in [4.78, 5) is 14.0. The lowest BCUT2D eigenvalue weighted by molar-refractivity contribution is -0.167. The molecule has 0 aliphatic carbocycles. The van der Waals surface area contributed by atoms with Crippen molar-refractivity contribution in [1.29, 1.82) is 0 Å². The SMILES string of the molecule is COCC[C@H]1CCOC12CN(C(=O)COc1cccc(Cl)c1)C2. The van der Waals surface area contributed by atoms with Gasteiger partial charge in [-0.25, -0.2) is 0 Å². The predicted molar refractivity (Wildman–Crippen MR) is 86.8 cm³/mol. The van der Waals surface area contributed by atoms with E-state index >= 15 is 0 Å². The first-order chi connectivity index (χ1) is 11.1. The second kappa shape index (κ2) is 7.07. The number of carbonyl (C=O) groups excluding carboxylic acids is 1. The van der Waals surface area contributed by atoms with E-state index in [2.05, 4.69) is 0 Å². The third-order valence-corrected chi connectivity index (χ3v) is 4.93. The molecule has 3 rings (SSSR count). The molecule has 0 radical (unpaired) electrons. The number of likely N-dealkylation sites (tertiary alicyclic amines) is 1. The zero-order valence-corrected chi connectivity index (χ0v) is 14.1. The minimum Gasteiger partial charge on any atom is -0.484 e. The van der Waals surface area contributed by atoms with Gasteiger partial charge in [0.15, 0.2) is 6.61 Å². The number of benzene rings is 1. The molecular weight excluding hydrogens is 318 g/mol. The average molecular weight is 340 g/mol. The molecule has 6 heteroatoms. The first-order valence-corrected chi connectivity index (χ1v) is 8.30. The molecule has 2 aliphatic rings. The fraction of sp³-hybridized carbons (Fsp3) is 0.588. The Bertz CT molecular complexity index is 559. The van der Waals surface area contributed by atoms with E-state index in [1.165, 1.54) is 0 Å². The molecule has 1 amide bonds. The Morgan fingerprint density at radius 1 is 1.48 bits per heavy atom. The van der Waals surface area contributed by atoms with E-state index in [9.17, 15) is 4.79 Å². The van der Waals surface area contributed by atoms with Crippen molar-refractivity contribution in [1.82, 2.24) is 4.90 Å². The highest BCUT2D eigenvalue weighted by atomic mass is 35.5. The van der Waals surface area contributed by atoms with Gasteiger partial charge in [0, 0.05) is 25.3 Å². The lowest BCUT2D eigenvalue weighted by Gasteiger charge is -2.50. The summed E-state index contributed by atoms with van der Waals surface area (Å²) < 4.78 is 16.6. The summed E-state index contributed by atoms with van der Waals surface area (Å²) in [7, 11) is 1.71. The molecule has 1 spiro atoms. The van der Waals surface area contributed by atoms with Gasteiger partial charge in [0.05, 0.1) is 13.1 Å². The summed E-state index contributed by atoms with van der Waals surface area (Å²) in [5, 5.41) is 0.596. The average Bonchev–Trinajstić information content (AvgIpc) is 2.93. The lowest BCUT2D eigenvalue weighted by atomic mass is 9.79. The van der Waals surface area contributed by atoms with E-state index in [4.69, 9.17) is 25.8 Å². The quantitative estimate of drug-likeness (QED) is 0.798. The number of carbonyl (C=O) groups is 1. The van der Waals surface area contributed by atoms with Crippen LogP contribution >= 0.6 is 11.6 Å². The van der Waals surface area contributed by atoms with Gasteiger partial charge in [-0.3, -0.25) is 4.79 Å². The number of ether oxygens (including phenoxy) is 3. The summed E-state index contributed by atoms with van der Waals surface area (Å²) in [5.74, 6) is 1.06. The molecule has 0 saturated carbocycles. The van der Waals surface area contributed by atoms with E-state index < -0.39 is 0 Å². The summed E-state index contributed by atoms with van der Waals surface area (Å²) in [6, 6.07) is 7.06. The monoisotopic (exact) mass is 339 g/mol. The molecule has 2 aliphatic heterocycles. The molecule has 2 heterocycles. The highest BCUT2D eigenvalue weighted by molar-refractivity contribution is 6.30. The second-order valence-corrected chi connectivity index (χ2v) is 6.61. The zero-order valence-electron chi connectivity index (χ0n) is 13.3. The van der Waals surface area contributed by atoms with Gasteiger partial charge in [0.2, 0.25) is 0 Å². The lowest BCUT2D eigenvalue weighted by Crippen LogP contribution is -2.66. The van der Waals surface area contributed by atoms with Crippen molar-refractivity contribution in [3.63, 3.8) is 0 Å². The van der Waals surface area contributed by atoms with Crippen molar-refractivity contribution in [3.05, 3.63) is 29.3 Å². The molecule has 2 saturated heterocycles. The van der Waals surface area contributed by atoms with Crippen LogP contribution in [0.3, 0.4) is 0 Å². The van der Waals surface area contributed by atoms with Crippen LogP contribution < -0.4 is 4.74 Å². The van der Waals surface area contributed by atoms with Crippen LogP contribution in [0.25, 0.3) is 0 Å². The third kappa shape index (κ3) is 3.62. The van der Waals surface area contributed by atoms with Gasteiger partial charge in [-0.15, -0.1) is 0 Å². The summed E-state index contributed by atoms with van der Waals surface area (Å²) >= 11 is 5.90. The van der Waals surface area contributed by atoms with Gasteiger partial charge in [-0.05, 0) is 37.0 Å². The van der Waals surface area contributed by atoms with Gasteiger partial charge in [0.1, 0.15) is 11.4 Å². The normalized spacial score (nSPS) is 22.2. The molecule has 2 fully saturated rings. The molecule has 0 bridgehead atoms. The second-order valence-electron chi connectivity index (χ2n) is 6.18. The van der Waals surface area contributed by atoms with Crippen LogP contribution in [-0.4, -0.2) is 56.4 Å². The van der Waals surface area contributed by atoms with Crippen LogP contribution in [0.1, 0.15) is 12.8 Å². The first-order valence-electron chi connectivity index (χ1n) is 7.92. The maximum atomic E-state index is 12.2. The maximum absolute atomic E-state index is 12.2. The van der Waals surface area contributed by atoms with Crippen molar-refractivity contribution in [3.8, 4) is 5.75 Å². The smallest absolute Gasteiger partial charge is 0.260 e. The minimum absolute atomic E-state index is 0.0170. The molecule has 0 aromatic heterocycles. The number of halogens is 1. The maximum Gasteiger partial charge on any atom is 0.260 e. The molecule has 5 nitrogen and oxygen atoms in total. The van der Waals surface area contributed by atoms with Crippen LogP contribution in [0.5, 0.6) is 5.75 Å². The van der Waals surface area contributed by atoms with E-state index in [0.717, 1.165) is 26.1 Å². The van der Waals surface area contributed by atoms with Crippen LogP contribution in [0.15, 0.2) is 24.3 Å². The van der Waals surface area contributed by atoms with Crippen molar-refractivity contribution < 1.29 is 19.0 Å². The molecule has 0 unspecified atom stereocenters. The summed E-state index contributed by atoms with van der Waals surface area (Å²) in [6.45, 7) is 2.84. The Hall–Kier alpha value is -1.30. The Labute approximate surface area is 141 Å². The molecule has 23 heavy (non-hydrogen) atoms. The predicted octanol–water partition coefficient (Wildman–Crippen LogP) is 2.37. The Morgan fingerprint density at radius 2 is 2.30 bits per heavy atom. The van der Waals surface area contributed by atoms with Crippen molar-refractivity contribution >= 4 is 17.5 Å². The van der Waals surface area contributed by atoms with Crippen molar-refractivity contribution in [2.24, 2.45) is 5.92 Å². The summed E-state index contributed by atoms with van der Waals surface area (Å²) in [6.07, 6.45) is 2.03. The van der Waals surface area contributed by atoms with E-state index in [1.807, 2.05) is 0 Å². The van der Waals surface area contributed by atoms with Crippen LogP contribution in [0, 0.1) is 5.92 Å². The van der Waals surface area contributed by atoms with Crippen molar-refractivity contribution in [2.45, 2.75) is 18.4 Å². The van der Waals surface area contributed by atoms with E-state index in [1.54, 1.807) is 36.3 Å². The Morgan fingerprint density at radius 3 is 3.04 bits per heavy atom. The minimum atomic E-state index is -0.162. The molecule has 0 N–H and O–H groups in total. The van der Waals surface area contributed by atoms with E-state index in [-0.39, 0.29) is 18.1 Å². The topological polar surface area (TPSA) is 48.0 Å². The number of nitrogens with zero attached hydrogens (tertiary/aromatic N) is 1. The van der Waals surface area contributed by atoms with Gasteiger partial charge < -0.3 is 19.1 Å². The zero-order chi connectivity index (χ0) is 16.3. The first kappa shape index (κ1) is 16.6. The fourth-order valence-electron chi connectivity index (χ4n) is 3.37. The van der Waals surface area contributed by atoms with E-state index in [0.29, 0.717) is 29.8 Å². The highest BCUT2D eigenvalue weighted by Crippen LogP contribution is 2.41.